The third-order valence-corrected chi connectivity index (χ3v) is 4.62. The Labute approximate surface area is 160 Å². The molecule has 1 amide bonds. The number of hydrogen-bond acceptors (Lipinski definition) is 5. The quantitative estimate of drug-likeness (QED) is 0.846. The van der Waals surface area contributed by atoms with Gasteiger partial charge in [0.1, 0.15) is 11.6 Å². The first-order valence-electron chi connectivity index (χ1n) is 9.35. The maximum atomic E-state index is 12.1. The molecule has 1 aromatic heterocycles. The zero-order valence-electron chi connectivity index (χ0n) is 16.2. The van der Waals surface area contributed by atoms with Gasteiger partial charge in [-0.15, -0.1) is 0 Å². The second-order valence-electron chi connectivity index (χ2n) is 7.01. The average Bonchev–Trinajstić information content (AvgIpc) is 2.67. The van der Waals surface area contributed by atoms with E-state index in [0.717, 1.165) is 32.0 Å². The summed E-state index contributed by atoms with van der Waals surface area (Å²) in [5.41, 5.74) is 3.49. The molecular formula is C21H27N3O3. The van der Waals surface area contributed by atoms with Gasteiger partial charge in [-0.05, 0) is 48.2 Å². The van der Waals surface area contributed by atoms with E-state index in [-0.39, 0.29) is 12.5 Å². The van der Waals surface area contributed by atoms with Crippen molar-refractivity contribution in [3.05, 3.63) is 47.7 Å². The first kappa shape index (κ1) is 19.2. The van der Waals surface area contributed by atoms with E-state index in [0.29, 0.717) is 17.5 Å². The van der Waals surface area contributed by atoms with Crippen molar-refractivity contribution in [1.29, 1.82) is 0 Å². The van der Waals surface area contributed by atoms with Gasteiger partial charge < -0.3 is 19.7 Å². The number of benzene rings is 1. The van der Waals surface area contributed by atoms with Crippen LogP contribution in [0.4, 0.5) is 11.5 Å². The van der Waals surface area contributed by atoms with Crippen molar-refractivity contribution in [2.75, 3.05) is 43.1 Å². The standard InChI is InChI=1S/C21H27N3O3/c1-15(2)19-6-5-18(12-16(19)3)27-14-21(25)23-20-7-4-17(13-22-20)24-8-10-26-11-9-24/h4-7,12-13,15H,8-11,14H2,1-3H3,(H,22,23,25). The van der Waals surface area contributed by atoms with Crippen LogP contribution in [0, 0.1) is 6.92 Å². The highest BCUT2D eigenvalue weighted by Crippen LogP contribution is 2.23. The minimum Gasteiger partial charge on any atom is -0.484 e. The summed E-state index contributed by atoms with van der Waals surface area (Å²) >= 11 is 0. The van der Waals surface area contributed by atoms with Crippen molar-refractivity contribution >= 4 is 17.4 Å². The number of carbonyl (C=O) groups excluding carboxylic acids is 1. The van der Waals surface area contributed by atoms with Gasteiger partial charge in [-0.1, -0.05) is 19.9 Å². The molecule has 0 saturated carbocycles. The minimum atomic E-state index is -0.229. The van der Waals surface area contributed by atoms with Crippen molar-refractivity contribution in [2.45, 2.75) is 26.7 Å². The number of aromatic nitrogens is 1. The molecule has 2 heterocycles. The van der Waals surface area contributed by atoms with E-state index in [1.54, 1.807) is 6.20 Å². The summed E-state index contributed by atoms with van der Waals surface area (Å²) in [5.74, 6) is 1.45. The number of anilines is 2. The molecule has 1 aliphatic heterocycles. The molecule has 27 heavy (non-hydrogen) atoms. The fourth-order valence-electron chi connectivity index (χ4n) is 3.18. The second-order valence-corrected chi connectivity index (χ2v) is 7.01. The van der Waals surface area contributed by atoms with Crippen LogP contribution in [-0.4, -0.2) is 43.8 Å². The Hall–Kier alpha value is -2.60. The van der Waals surface area contributed by atoms with Crippen LogP contribution in [0.5, 0.6) is 5.75 Å². The van der Waals surface area contributed by atoms with E-state index < -0.39 is 0 Å². The summed E-state index contributed by atoms with van der Waals surface area (Å²) in [7, 11) is 0. The number of aryl methyl sites for hydroxylation is 1. The fraction of sp³-hybridized carbons (Fsp3) is 0.429. The minimum absolute atomic E-state index is 0.0483. The van der Waals surface area contributed by atoms with Crippen LogP contribution in [0.25, 0.3) is 0 Å². The molecule has 6 heteroatoms. The summed E-state index contributed by atoms with van der Waals surface area (Å²) in [6, 6.07) is 9.70. The van der Waals surface area contributed by atoms with Gasteiger partial charge in [-0.3, -0.25) is 4.79 Å². The summed E-state index contributed by atoms with van der Waals surface area (Å²) in [6.45, 7) is 9.50. The number of morpholine rings is 1. The fourth-order valence-corrected chi connectivity index (χ4v) is 3.18. The van der Waals surface area contributed by atoms with Gasteiger partial charge in [0, 0.05) is 13.1 Å². The zero-order chi connectivity index (χ0) is 19.2. The highest BCUT2D eigenvalue weighted by Gasteiger charge is 2.12. The topological polar surface area (TPSA) is 63.7 Å². The SMILES string of the molecule is Cc1cc(OCC(=O)Nc2ccc(N3CCOCC3)cn2)ccc1C(C)C. The molecule has 144 valence electrons. The van der Waals surface area contributed by atoms with E-state index in [4.69, 9.17) is 9.47 Å². The Bertz CT molecular complexity index is 769. The van der Waals surface area contributed by atoms with E-state index in [2.05, 4.69) is 42.0 Å². The van der Waals surface area contributed by atoms with E-state index in [1.807, 2.05) is 24.3 Å². The number of amides is 1. The zero-order valence-corrected chi connectivity index (χ0v) is 16.2. The lowest BCUT2D eigenvalue weighted by Crippen LogP contribution is -2.36. The number of carbonyl (C=O) groups is 1. The molecule has 1 N–H and O–H groups in total. The number of nitrogens with zero attached hydrogens (tertiary/aromatic N) is 2. The first-order valence-corrected chi connectivity index (χ1v) is 9.35. The molecule has 0 radical (unpaired) electrons. The predicted molar refractivity (Wildman–Crippen MR) is 107 cm³/mol. The number of nitrogens with one attached hydrogen (secondary N) is 1. The Morgan fingerprint density at radius 3 is 2.67 bits per heavy atom. The third-order valence-electron chi connectivity index (χ3n) is 4.62. The molecule has 0 bridgehead atoms. The molecule has 0 atom stereocenters. The molecule has 1 aromatic carbocycles. The van der Waals surface area contributed by atoms with Gasteiger partial charge in [0.25, 0.3) is 5.91 Å². The lowest BCUT2D eigenvalue weighted by atomic mass is 9.98. The molecule has 0 spiro atoms. The predicted octanol–water partition coefficient (Wildman–Crippen LogP) is 3.37. The summed E-state index contributed by atoms with van der Waals surface area (Å²) < 4.78 is 11.0. The monoisotopic (exact) mass is 369 g/mol. The van der Waals surface area contributed by atoms with Gasteiger partial charge in [0.2, 0.25) is 0 Å². The lowest BCUT2D eigenvalue weighted by Gasteiger charge is -2.28. The number of rotatable bonds is 6. The highest BCUT2D eigenvalue weighted by molar-refractivity contribution is 5.91. The molecule has 0 aliphatic carbocycles. The second kappa shape index (κ2) is 8.86. The summed E-state index contributed by atoms with van der Waals surface area (Å²) in [4.78, 5) is 18.7. The van der Waals surface area contributed by atoms with Crippen molar-refractivity contribution in [3.63, 3.8) is 0 Å². The summed E-state index contributed by atoms with van der Waals surface area (Å²) in [6.07, 6.45) is 1.77. The lowest BCUT2D eigenvalue weighted by molar-refractivity contribution is -0.118. The average molecular weight is 369 g/mol. The van der Waals surface area contributed by atoms with Crippen LogP contribution in [0.3, 0.4) is 0 Å². The molecule has 2 aromatic rings. The highest BCUT2D eigenvalue weighted by atomic mass is 16.5. The van der Waals surface area contributed by atoms with Crippen LogP contribution in [0.2, 0.25) is 0 Å². The smallest absolute Gasteiger partial charge is 0.263 e. The van der Waals surface area contributed by atoms with Gasteiger partial charge in [-0.25, -0.2) is 4.98 Å². The Kier molecular flexibility index (Phi) is 6.29. The third kappa shape index (κ3) is 5.20. The number of pyridine rings is 1. The Balaban J connectivity index is 1.51. The van der Waals surface area contributed by atoms with Gasteiger partial charge in [0.05, 0.1) is 25.1 Å². The van der Waals surface area contributed by atoms with Crippen LogP contribution >= 0.6 is 0 Å². The molecular weight excluding hydrogens is 342 g/mol. The molecule has 1 aliphatic rings. The molecule has 1 saturated heterocycles. The van der Waals surface area contributed by atoms with Crippen LogP contribution in [0.1, 0.15) is 30.9 Å². The van der Waals surface area contributed by atoms with Crippen molar-refractivity contribution in [2.24, 2.45) is 0 Å². The van der Waals surface area contributed by atoms with E-state index in [9.17, 15) is 4.79 Å². The molecule has 1 fully saturated rings. The Morgan fingerprint density at radius 2 is 2.04 bits per heavy atom. The van der Waals surface area contributed by atoms with Gasteiger partial charge >= 0.3 is 0 Å². The molecule has 3 rings (SSSR count). The molecule has 0 unspecified atom stereocenters. The number of hydrogen-bond donors (Lipinski definition) is 1. The van der Waals surface area contributed by atoms with E-state index >= 15 is 0 Å². The van der Waals surface area contributed by atoms with Crippen LogP contribution < -0.4 is 15.0 Å². The normalized spacial score (nSPS) is 14.3. The van der Waals surface area contributed by atoms with Crippen molar-refractivity contribution in [1.82, 2.24) is 4.98 Å². The first-order chi connectivity index (χ1) is 13.0. The van der Waals surface area contributed by atoms with Crippen molar-refractivity contribution in [3.8, 4) is 5.75 Å². The van der Waals surface area contributed by atoms with Gasteiger partial charge in [0.15, 0.2) is 6.61 Å². The number of ether oxygens (including phenoxy) is 2. The maximum absolute atomic E-state index is 12.1. The largest absolute Gasteiger partial charge is 0.484 e. The molecule has 6 nitrogen and oxygen atoms in total. The van der Waals surface area contributed by atoms with Crippen LogP contribution in [-0.2, 0) is 9.53 Å². The maximum Gasteiger partial charge on any atom is 0.263 e. The summed E-state index contributed by atoms with van der Waals surface area (Å²) in [5, 5.41) is 2.77. The van der Waals surface area contributed by atoms with Crippen LogP contribution in [0.15, 0.2) is 36.5 Å². The van der Waals surface area contributed by atoms with Crippen molar-refractivity contribution < 1.29 is 14.3 Å². The Morgan fingerprint density at radius 1 is 1.26 bits per heavy atom. The van der Waals surface area contributed by atoms with Gasteiger partial charge in [-0.2, -0.15) is 0 Å². The van der Waals surface area contributed by atoms with E-state index in [1.165, 1.54) is 11.1 Å².